The van der Waals surface area contributed by atoms with Crippen LogP contribution >= 0.6 is 0 Å². The number of rotatable bonds is 5. The number of imide groups is 1. The smallest absolute Gasteiger partial charge is 0.422 e. The molecule has 0 saturated carbocycles. The van der Waals surface area contributed by atoms with Crippen LogP contribution in [0.25, 0.3) is 10.8 Å². The van der Waals surface area contributed by atoms with Gasteiger partial charge in [-0.1, -0.05) is 12.1 Å². The van der Waals surface area contributed by atoms with Gasteiger partial charge in [0.25, 0.3) is 5.91 Å². The number of hydrogen-bond donors (Lipinski definition) is 3. The van der Waals surface area contributed by atoms with Crippen molar-refractivity contribution in [3.05, 3.63) is 60.0 Å². The topological polar surface area (TPSA) is 92.6 Å². The molecule has 3 aromatic rings. The van der Waals surface area contributed by atoms with E-state index in [1.807, 2.05) is 0 Å². The van der Waals surface area contributed by atoms with Crippen LogP contribution in [-0.2, 0) is 16.9 Å². The molecule has 0 aliphatic carbocycles. The fourth-order valence-corrected chi connectivity index (χ4v) is 3.49. The summed E-state index contributed by atoms with van der Waals surface area (Å²) in [4.78, 5) is 24.5. The van der Waals surface area contributed by atoms with Crippen LogP contribution in [0.3, 0.4) is 0 Å². The van der Waals surface area contributed by atoms with E-state index in [2.05, 4.69) is 10.6 Å². The Morgan fingerprint density at radius 2 is 1.81 bits per heavy atom. The van der Waals surface area contributed by atoms with E-state index in [1.54, 1.807) is 0 Å². The highest BCUT2D eigenvalue weighted by molar-refractivity contribution is 6.07. The van der Waals surface area contributed by atoms with E-state index in [9.17, 15) is 32.3 Å². The number of urea groups is 1. The first-order valence-corrected chi connectivity index (χ1v) is 8.98. The Balaban J connectivity index is 1.71. The quantitative estimate of drug-likeness (QED) is 0.422. The molecule has 7 nitrogen and oxygen atoms in total. The van der Waals surface area contributed by atoms with Crippen LogP contribution in [0, 0.1) is 5.82 Å². The second kappa shape index (κ2) is 7.18. The fraction of sp³-hybridized carbons (Fsp3) is 0.200. The summed E-state index contributed by atoms with van der Waals surface area (Å²) in [5.74, 6) is -1.68. The standard InChI is InChI=1S/C20H15F4N3O4/c21-13-4-2-12(3-5-13)19(17(29)25-18(30)26-19)9-27-8-11-1-6-14(7-15(11)16(27)28)31-10-20(22,23)24/h1-8,28H,9-10H2,(H2,25,26,29,30). The number of aromatic hydroxyl groups is 1. The molecule has 1 aromatic heterocycles. The van der Waals surface area contributed by atoms with Crippen molar-refractivity contribution in [2.45, 2.75) is 18.3 Å². The maximum atomic E-state index is 13.4. The predicted molar refractivity (Wildman–Crippen MR) is 99.9 cm³/mol. The van der Waals surface area contributed by atoms with Gasteiger partial charge in [0.1, 0.15) is 11.6 Å². The van der Waals surface area contributed by atoms with E-state index < -0.39 is 36.1 Å². The molecule has 4 rings (SSSR count). The van der Waals surface area contributed by atoms with Crippen molar-refractivity contribution in [2.75, 3.05) is 6.61 Å². The van der Waals surface area contributed by atoms with E-state index in [1.165, 1.54) is 41.1 Å². The zero-order valence-corrected chi connectivity index (χ0v) is 15.7. The van der Waals surface area contributed by atoms with Crippen molar-refractivity contribution in [3.8, 4) is 11.6 Å². The lowest BCUT2D eigenvalue weighted by Crippen LogP contribution is -2.47. The number of hydrogen-bond acceptors (Lipinski definition) is 4. The summed E-state index contributed by atoms with van der Waals surface area (Å²) in [5, 5.41) is 15.9. The Morgan fingerprint density at radius 3 is 2.42 bits per heavy atom. The predicted octanol–water partition coefficient (Wildman–Crippen LogP) is 3.16. The lowest BCUT2D eigenvalue weighted by atomic mass is 9.89. The number of carbonyl (C=O) groups excluding carboxylic acids is 2. The summed E-state index contributed by atoms with van der Waals surface area (Å²) in [6, 6.07) is 8.19. The lowest BCUT2D eigenvalue weighted by molar-refractivity contribution is -0.153. The minimum Gasteiger partial charge on any atom is -0.494 e. The molecule has 1 fully saturated rings. The third-order valence-electron chi connectivity index (χ3n) is 4.92. The molecule has 31 heavy (non-hydrogen) atoms. The van der Waals surface area contributed by atoms with E-state index in [4.69, 9.17) is 4.74 Å². The molecule has 1 aliphatic rings. The van der Waals surface area contributed by atoms with Crippen molar-refractivity contribution in [3.63, 3.8) is 0 Å². The van der Waals surface area contributed by atoms with E-state index in [0.29, 0.717) is 5.39 Å². The van der Waals surface area contributed by atoms with Gasteiger partial charge in [0.05, 0.1) is 6.54 Å². The maximum Gasteiger partial charge on any atom is 0.422 e. The first kappa shape index (κ1) is 20.5. The average Bonchev–Trinajstić information content (AvgIpc) is 3.16. The second-order valence-electron chi connectivity index (χ2n) is 7.05. The van der Waals surface area contributed by atoms with Crippen molar-refractivity contribution >= 4 is 22.7 Å². The zero-order chi connectivity index (χ0) is 22.4. The van der Waals surface area contributed by atoms with Gasteiger partial charge < -0.3 is 19.7 Å². The monoisotopic (exact) mass is 437 g/mol. The Bertz CT molecular complexity index is 1170. The van der Waals surface area contributed by atoms with Crippen molar-refractivity contribution in [2.24, 2.45) is 0 Å². The molecule has 0 bridgehead atoms. The van der Waals surface area contributed by atoms with Crippen LogP contribution in [-0.4, -0.2) is 34.4 Å². The third-order valence-corrected chi connectivity index (χ3v) is 4.92. The third kappa shape index (κ3) is 3.86. The van der Waals surface area contributed by atoms with Gasteiger partial charge in [-0.2, -0.15) is 13.2 Å². The van der Waals surface area contributed by atoms with Crippen molar-refractivity contribution < 1.29 is 37.0 Å². The molecule has 11 heteroatoms. The van der Waals surface area contributed by atoms with Gasteiger partial charge in [-0.25, -0.2) is 9.18 Å². The second-order valence-corrected chi connectivity index (χ2v) is 7.05. The molecule has 2 aromatic carbocycles. The van der Waals surface area contributed by atoms with Gasteiger partial charge in [-0.05, 0) is 35.9 Å². The Labute approximate surface area is 172 Å². The molecule has 162 valence electrons. The van der Waals surface area contributed by atoms with Crippen LogP contribution in [0.4, 0.5) is 22.4 Å². The molecule has 3 N–H and O–H groups in total. The number of nitrogens with one attached hydrogen (secondary N) is 2. The number of halogens is 4. The molecule has 1 unspecified atom stereocenters. The fourth-order valence-electron chi connectivity index (χ4n) is 3.49. The highest BCUT2D eigenvalue weighted by atomic mass is 19.4. The summed E-state index contributed by atoms with van der Waals surface area (Å²) in [5.41, 5.74) is -1.35. The lowest BCUT2D eigenvalue weighted by Gasteiger charge is -2.27. The molecule has 0 radical (unpaired) electrons. The Kier molecular flexibility index (Phi) is 4.75. The average molecular weight is 437 g/mol. The highest BCUT2D eigenvalue weighted by Crippen LogP contribution is 2.35. The first-order chi connectivity index (χ1) is 14.6. The Hall–Kier alpha value is -3.76. The number of aromatic nitrogens is 1. The molecule has 1 aliphatic heterocycles. The number of carbonyl (C=O) groups is 2. The minimum atomic E-state index is -4.52. The Morgan fingerprint density at radius 1 is 1.10 bits per heavy atom. The number of ether oxygens (including phenoxy) is 1. The molecule has 2 heterocycles. The molecule has 1 saturated heterocycles. The SMILES string of the molecule is O=C1NC(=O)C(Cn2cc3ccc(OCC(F)(F)F)cc3c2O)(c2ccc(F)cc2)N1. The van der Waals surface area contributed by atoms with E-state index >= 15 is 0 Å². The normalized spacial score (nSPS) is 18.8. The number of nitrogens with zero attached hydrogens (tertiary/aromatic N) is 1. The first-order valence-electron chi connectivity index (χ1n) is 8.98. The summed E-state index contributed by atoms with van der Waals surface area (Å²) >= 11 is 0. The number of fused-ring (bicyclic) bond motifs is 1. The summed E-state index contributed by atoms with van der Waals surface area (Å²) in [7, 11) is 0. The van der Waals surface area contributed by atoms with Crippen molar-refractivity contribution in [1.82, 2.24) is 15.2 Å². The number of amides is 3. The highest BCUT2D eigenvalue weighted by Gasteiger charge is 2.48. The number of alkyl halides is 3. The van der Waals surface area contributed by atoms with Crippen LogP contribution in [0.5, 0.6) is 11.6 Å². The van der Waals surface area contributed by atoms with E-state index in [-0.39, 0.29) is 29.1 Å². The molecular formula is C20H15F4N3O4. The summed E-state index contributed by atoms with van der Waals surface area (Å²) in [6.07, 6.45) is -3.04. The maximum absolute atomic E-state index is 13.4. The van der Waals surface area contributed by atoms with Gasteiger partial charge in [0.2, 0.25) is 0 Å². The van der Waals surface area contributed by atoms with Crippen LogP contribution in [0.15, 0.2) is 48.7 Å². The van der Waals surface area contributed by atoms with Gasteiger partial charge in [0.15, 0.2) is 18.0 Å². The zero-order valence-electron chi connectivity index (χ0n) is 15.7. The largest absolute Gasteiger partial charge is 0.494 e. The van der Waals surface area contributed by atoms with Gasteiger partial charge >= 0.3 is 12.2 Å². The molecule has 3 amide bonds. The number of benzene rings is 2. The van der Waals surface area contributed by atoms with Gasteiger partial charge in [-0.15, -0.1) is 0 Å². The summed E-state index contributed by atoms with van der Waals surface area (Å²) < 4.78 is 56.5. The minimum absolute atomic E-state index is 0.0990. The van der Waals surface area contributed by atoms with Gasteiger partial charge in [-0.3, -0.25) is 10.1 Å². The van der Waals surface area contributed by atoms with Crippen molar-refractivity contribution in [1.29, 1.82) is 0 Å². The van der Waals surface area contributed by atoms with Crippen LogP contribution in [0.2, 0.25) is 0 Å². The summed E-state index contributed by atoms with van der Waals surface area (Å²) in [6.45, 7) is -1.74. The molecule has 1 atom stereocenters. The van der Waals surface area contributed by atoms with Crippen LogP contribution in [0.1, 0.15) is 5.56 Å². The van der Waals surface area contributed by atoms with Crippen LogP contribution < -0.4 is 15.4 Å². The molecular weight excluding hydrogens is 422 g/mol. The van der Waals surface area contributed by atoms with E-state index in [0.717, 1.165) is 12.1 Å². The molecule has 0 spiro atoms. The van der Waals surface area contributed by atoms with Gasteiger partial charge in [0, 0.05) is 17.0 Å².